The lowest BCUT2D eigenvalue weighted by molar-refractivity contribution is -0.118. The van der Waals surface area contributed by atoms with Crippen LogP contribution in [-0.2, 0) is 29.7 Å². The van der Waals surface area contributed by atoms with Gasteiger partial charge in [-0.3, -0.25) is 23.5 Å². The summed E-state index contributed by atoms with van der Waals surface area (Å²) in [5.74, 6) is -0.580. The number of hydrogen-bond acceptors (Lipinski definition) is 8. The summed E-state index contributed by atoms with van der Waals surface area (Å²) in [5, 5.41) is 5.69. The Kier molecular flexibility index (Phi) is 9.99. The van der Waals surface area contributed by atoms with Crippen LogP contribution in [0.1, 0.15) is 64.7 Å². The van der Waals surface area contributed by atoms with Crippen LogP contribution in [0.5, 0.6) is 0 Å². The van der Waals surface area contributed by atoms with Crippen molar-refractivity contribution >= 4 is 40.6 Å². The van der Waals surface area contributed by atoms with Crippen LogP contribution in [0, 0.1) is 5.92 Å². The molecule has 1 aliphatic heterocycles. The second kappa shape index (κ2) is 13.5. The average molecular weight is 622 g/mol. The van der Waals surface area contributed by atoms with Crippen molar-refractivity contribution in [3.8, 4) is 0 Å². The van der Waals surface area contributed by atoms with Crippen LogP contribution in [0.15, 0.2) is 46.0 Å². The predicted molar refractivity (Wildman–Crippen MR) is 173 cm³/mol. The zero-order valence-corrected chi connectivity index (χ0v) is 27.0. The van der Waals surface area contributed by atoms with Gasteiger partial charge in [0.25, 0.3) is 5.56 Å². The van der Waals surface area contributed by atoms with Crippen LogP contribution in [-0.4, -0.2) is 61.2 Å². The van der Waals surface area contributed by atoms with Gasteiger partial charge >= 0.3 is 11.8 Å². The number of Topliss-reactive ketones (excluding diaryl/α,β-unsaturated/α-hetero) is 1. The Balaban J connectivity index is 1.73. The van der Waals surface area contributed by atoms with Gasteiger partial charge in [0.15, 0.2) is 16.9 Å². The van der Waals surface area contributed by atoms with Gasteiger partial charge in [-0.15, -0.1) is 0 Å². The van der Waals surface area contributed by atoms with Crippen LogP contribution >= 0.6 is 0 Å². The van der Waals surface area contributed by atoms with Gasteiger partial charge in [-0.05, 0) is 52.7 Å². The van der Waals surface area contributed by atoms with Gasteiger partial charge in [0.1, 0.15) is 5.60 Å². The maximum atomic E-state index is 14.0. The Morgan fingerprint density at radius 1 is 1.13 bits per heavy atom. The molecule has 1 fully saturated rings. The molecule has 0 saturated carbocycles. The molecular weight excluding hydrogens is 578 g/mol. The number of hydrogen-bond donors (Lipinski definition) is 2. The molecule has 3 heterocycles. The van der Waals surface area contributed by atoms with E-state index in [9.17, 15) is 24.0 Å². The van der Waals surface area contributed by atoms with Crippen molar-refractivity contribution in [3.05, 3.63) is 62.8 Å². The van der Waals surface area contributed by atoms with Crippen LogP contribution in [0.25, 0.3) is 11.2 Å². The minimum Gasteiger partial charge on any atom is -0.444 e. The number of benzene rings is 1. The molecule has 0 radical (unpaired) electrons. The first-order chi connectivity index (χ1) is 21.2. The molecule has 45 heavy (non-hydrogen) atoms. The van der Waals surface area contributed by atoms with E-state index in [0.717, 1.165) is 17.4 Å². The Morgan fingerprint density at radius 3 is 2.51 bits per heavy atom. The summed E-state index contributed by atoms with van der Waals surface area (Å²) in [6.45, 7) is 11.6. The minimum atomic E-state index is -0.685. The number of ketones is 1. The number of ether oxygens (including phenoxy) is 1. The predicted octanol–water partition coefficient (Wildman–Crippen LogP) is 3.44. The number of para-hydroxylation sites is 1. The number of imidazole rings is 1. The molecule has 3 aromatic rings. The molecular formula is C32H43N7O6. The van der Waals surface area contributed by atoms with E-state index in [0.29, 0.717) is 31.3 Å². The zero-order valence-electron chi connectivity index (χ0n) is 27.0. The lowest BCUT2D eigenvalue weighted by atomic mass is 10.1. The number of aryl methyl sites for hydroxylation is 1. The summed E-state index contributed by atoms with van der Waals surface area (Å²) in [6.07, 6.45) is 4.73. The van der Waals surface area contributed by atoms with E-state index < -0.39 is 35.3 Å². The first-order valence-electron chi connectivity index (χ1n) is 15.2. The lowest BCUT2D eigenvalue weighted by Crippen LogP contribution is -2.49. The van der Waals surface area contributed by atoms with E-state index >= 15 is 0 Å². The summed E-state index contributed by atoms with van der Waals surface area (Å²) in [6, 6.07) is 6.31. The molecule has 0 spiro atoms. The number of nitrogens with one attached hydrogen (secondary N) is 2. The summed E-state index contributed by atoms with van der Waals surface area (Å²) in [4.78, 5) is 72.6. The van der Waals surface area contributed by atoms with E-state index in [1.807, 2.05) is 24.0 Å². The Hall–Kier alpha value is -4.68. The van der Waals surface area contributed by atoms with Crippen molar-refractivity contribution < 1.29 is 19.1 Å². The molecule has 2 amide bonds. The minimum absolute atomic E-state index is 0.182. The van der Waals surface area contributed by atoms with Crippen molar-refractivity contribution in [2.75, 3.05) is 23.3 Å². The third-order valence-corrected chi connectivity index (χ3v) is 7.47. The fraction of sp³-hybridized carbons (Fsp3) is 0.500. The first-order valence-corrected chi connectivity index (χ1v) is 15.2. The highest BCUT2D eigenvalue weighted by atomic mass is 16.6. The Bertz CT molecular complexity index is 1740. The number of carbonyl (C=O) groups excluding carboxylic acids is 3. The molecule has 0 bridgehead atoms. The first kappa shape index (κ1) is 33.2. The van der Waals surface area contributed by atoms with Crippen LogP contribution < -0.4 is 26.8 Å². The molecule has 2 N–H and O–H groups in total. The molecule has 242 valence electrons. The van der Waals surface area contributed by atoms with Crippen LogP contribution in [0.3, 0.4) is 0 Å². The molecule has 2 aromatic heterocycles. The van der Waals surface area contributed by atoms with Gasteiger partial charge in [-0.25, -0.2) is 9.59 Å². The van der Waals surface area contributed by atoms with Gasteiger partial charge in [-0.1, -0.05) is 38.1 Å². The molecule has 13 nitrogen and oxygen atoms in total. The summed E-state index contributed by atoms with van der Waals surface area (Å²) < 4.78 is 9.36. The molecule has 1 aliphatic rings. The van der Waals surface area contributed by atoms with Crippen LogP contribution in [0.2, 0.25) is 0 Å². The third-order valence-electron chi connectivity index (χ3n) is 7.47. The molecule has 13 heteroatoms. The number of amides is 2. The molecule has 1 saturated heterocycles. The Morgan fingerprint density at radius 2 is 1.84 bits per heavy atom. The van der Waals surface area contributed by atoms with E-state index in [1.54, 1.807) is 63.5 Å². The molecule has 0 aliphatic carbocycles. The summed E-state index contributed by atoms with van der Waals surface area (Å²) >= 11 is 0. The Labute approximate surface area is 261 Å². The average Bonchev–Trinajstić information content (AvgIpc) is 3.36. The SMILES string of the molecule is C/C=C/Cn1c(N2CCC[C@@H](NC(=O)OC(C)(C)C)C2)nc2c1c(=O)n(CC(=O)c1ccccc1NC(=O)C(C)C)c(=O)n2C. The van der Waals surface area contributed by atoms with E-state index in [2.05, 4.69) is 10.6 Å². The number of nitrogens with zero attached hydrogens (tertiary/aromatic N) is 5. The maximum Gasteiger partial charge on any atom is 0.407 e. The highest BCUT2D eigenvalue weighted by molar-refractivity contribution is 6.05. The molecule has 1 atom stereocenters. The van der Waals surface area contributed by atoms with Crippen molar-refractivity contribution in [1.82, 2.24) is 24.0 Å². The third kappa shape index (κ3) is 7.52. The van der Waals surface area contributed by atoms with Crippen LogP contribution in [0.4, 0.5) is 16.4 Å². The quantitative estimate of drug-likeness (QED) is 0.273. The van der Waals surface area contributed by atoms with E-state index in [1.165, 1.54) is 11.6 Å². The maximum absolute atomic E-state index is 14.0. The molecule has 0 unspecified atom stereocenters. The van der Waals surface area contributed by atoms with Gasteiger partial charge in [0.05, 0.1) is 12.2 Å². The summed E-state index contributed by atoms with van der Waals surface area (Å²) in [7, 11) is 1.52. The second-order valence-electron chi connectivity index (χ2n) is 12.5. The number of anilines is 2. The number of alkyl carbamates (subject to hydrolysis) is 1. The van der Waals surface area contributed by atoms with Gasteiger partial charge in [-0.2, -0.15) is 4.98 Å². The fourth-order valence-electron chi connectivity index (χ4n) is 5.22. The largest absolute Gasteiger partial charge is 0.444 e. The van der Waals surface area contributed by atoms with Gasteiger partial charge < -0.3 is 24.8 Å². The van der Waals surface area contributed by atoms with Crippen molar-refractivity contribution in [3.63, 3.8) is 0 Å². The molecule has 1 aromatic carbocycles. The standard InChI is InChI=1S/C32H43N7O6/c1-8-9-17-38-25-26(35-29(38)37-16-12-13-21(18-37)33-30(43)45-32(4,5)6)36(7)31(44)39(28(25)42)19-24(40)22-14-10-11-15-23(22)34-27(41)20(2)3/h8-11,14-15,20-21H,12-13,16-19H2,1-7H3,(H,33,43)(H,34,41)/b9-8+/t21-/m1/s1. The number of carbonyl (C=O) groups is 3. The number of allylic oxidation sites excluding steroid dienone is 2. The van der Waals surface area contributed by atoms with Gasteiger partial charge in [0.2, 0.25) is 11.9 Å². The topological polar surface area (TPSA) is 150 Å². The summed E-state index contributed by atoms with van der Waals surface area (Å²) in [5.41, 5.74) is -1.08. The highest BCUT2D eigenvalue weighted by Crippen LogP contribution is 2.24. The number of aromatic nitrogens is 4. The smallest absolute Gasteiger partial charge is 0.407 e. The number of rotatable bonds is 9. The number of piperidine rings is 1. The van der Waals surface area contributed by atoms with Crippen molar-refractivity contribution in [1.29, 1.82) is 0 Å². The van der Waals surface area contributed by atoms with E-state index in [4.69, 9.17) is 9.72 Å². The normalized spacial score (nSPS) is 15.6. The second-order valence-corrected chi connectivity index (χ2v) is 12.5. The highest BCUT2D eigenvalue weighted by Gasteiger charge is 2.29. The van der Waals surface area contributed by atoms with Gasteiger partial charge in [0, 0.05) is 44.2 Å². The van der Waals surface area contributed by atoms with E-state index in [-0.39, 0.29) is 34.6 Å². The zero-order chi connectivity index (χ0) is 33.1. The fourth-order valence-corrected chi connectivity index (χ4v) is 5.22. The number of fused-ring (bicyclic) bond motifs is 1. The molecule has 4 rings (SSSR count). The van der Waals surface area contributed by atoms with Crippen molar-refractivity contribution in [2.24, 2.45) is 13.0 Å². The van der Waals surface area contributed by atoms with Crippen molar-refractivity contribution in [2.45, 2.75) is 79.1 Å². The lowest BCUT2D eigenvalue weighted by Gasteiger charge is -2.34. The monoisotopic (exact) mass is 621 g/mol.